The van der Waals surface area contributed by atoms with Crippen LogP contribution in [0.15, 0.2) is 12.3 Å². The Morgan fingerprint density at radius 1 is 1.33 bits per heavy atom. The van der Waals surface area contributed by atoms with Gasteiger partial charge in [0.05, 0.1) is 5.69 Å². The second-order valence-electron chi connectivity index (χ2n) is 8.41. The van der Waals surface area contributed by atoms with Gasteiger partial charge in [0.2, 0.25) is 0 Å². The number of aromatic nitrogens is 2. The summed E-state index contributed by atoms with van der Waals surface area (Å²) in [5.74, 6) is 0.802. The van der Waals surface area contributed by atoms with E-state index >= 15 is 0 Å². The van der Waals surface area contributed by atoms with E-state index in [2.05, 4.69) is 52.0 Å². The van der Waals surface area contributed by atoms with Crippen LogP contribution < -0.4 is 5.73 Å². The van der Waals surface area contributed by atoms with E-state index in [1.807, 2.05) is 4.68 Å². The molecule has 1 aliphatic rings. The van der Waals surface area contributed by atoms with Gasteiger partial charge < -0.3 is 5.73 Å². The third kappa shape index (κ3) is 4.32. The van der Waals surface area contributed by atoms with Crippen molar-refractivity contribution in [3.63, 3.8) is 0 Å². The van der Waals surface area contributed by atoms with E-state index in [1.165, 1.54) is 19.3 Å². The second kappa shape index (κ2) is 6.12. The highest BCUT2D eigenvalue weighted by Gasteiger charge is 2.34. The van der Waals surface area contributed by atoms with Crippen molar-refractivity contribution in [1.82, 2.24) is 9.78 Å². The van der Waals surface area contributed by atoms with E-state index < -0.39 is 0 Å². The fourth-order valence-electron chi connectivity index (χ4n) is 3.59. The van der Waals surface area contributed by atoms with Gasteiger partial charge in [0.15, 0.2) is 0 Å². The van der Waals surface area contributed by atoms with Gasteiger partial charge in [-0.25, -0.2) is 0 Å². The lowest BCUT2D eigenvalue weighted by atomic mass is 9.76. The molecule has 3 heteroatoms. The van der Waals surface area contributed by atoms with Gasteiger partial charge >= 0.3 is 0 Å². The summed E-state index contributed by atoms with van der Waals surface area (Å²) in [6, 6.07) is 2.56. The van der Waals surface area contributed by atoms with Crippen molar-refractivity contribution in [3.05, 3.63) is 18.0 Å². The molecule has 0 saturated heterocycles. The van der Waals surface area contributed by atoms with E-state index in [4.69, 9.17) is 5.73 Å². The predicted octanol–water partition coefficient (Wildman–Crippen LogP) is 4.33. The summed E-state index contributed by atoms with van der Waals surface area (Å²) in [6.07, 6.45) is 9.09. The number of hydrogen-bond acceptors (Lipinski definition) is 2. The molecule has 0 radical (unpaired) electrons. The Kier molecular flexibility index (Phi) is 4.82. The van der Waals surface area contributed by atoms with Crippen LogP contribution in [0.3, 0.4) is 0 Å². The van der Waals surface area contributed by atoms with Crippen molar-refractivity contribution < 1.29 is 0 Å². The molecule has 21 heavy (non-hydrogen) atoms. The van der Waals surface area contributed by atoms with Crippen molar-refractivity contribution in [2.45, 2.75) is 84.7 Å². The van der Waals surface area contributed by atoms with Crippen LogP contribution in [0.25, 0.3) is 0 Å². The average molecular weight is 291 g/mol. The Morgan fingerprint density at radius 2 is 2.05 bits per heavy atom. The van der Waals surface area contributed by atoms with Crippen LogP contribution in [0.4, 0.5) is 0 Å². The molecule has 0 aromatic carbocycles. The first kappa shape index (κ1) is 16.5. The molecular formula is C18H33N3. The Morgan fingerprint density at radius 3 is 2.62 bits per heavy atom. The quantitative estimate of drug-likeness (QED) is 0.842. The minimum atomic E-state index is -0.0594. The average Bonchev–Trinajstić information content (AvgIpc) is 2.71. The molecule has 2 rings (SSSR count). The van der Waals surface area contributed by atoms with Crippen molar-refractivity contribution in [1.29, 1.82) is 0 Å². The molecule has 2 unspecified atom stereocenters. The zero-order chi connectivity index (χ0) is 15.7. The number of nitrogens with zero attached hydrogens (tertiary/aromatic N) is 2. The number of rotatable bonds is 3. The van der Waals surface area contributed by atoms with Crippen LogP contribution in [0, 0.1) is 11.3 Å². The zero-order valence-electron chi connectivity index (χ0n) is 14.5. The molecule has 1 aromatic heterocycles. The molecule has 0 spiro atoms. The molecule has 3 nitrogen and oxygen atoms in total. The molecule has 0 amide bonds. The predicted molar refractivity (Wildman–Crippen MR) is 89.3 cm³/mol. The van der Waals surface area contributed by atoms with Gasteiger partial charge in [-0.3, -0.25) is 4.68 Å². The van der Waals surface area contributed by atoms with Crippen molar-refractivity contribution in [3.8, 4) is 0 Å². The minimum absolute atomic E-state index is 0.0594. The normalized spacial score (nSPS) is 27.9. The topological polar surface area (TPSA) is 43.8 Å². The molecule has 2 N–H and O–H groups in total. The van der Waals surface area contributed by atoms with E-state index in [0.29, 0.717) is 11.5 Å². The van der Waals surface area contributed by atoms with Crippen LogP contribution in [0.5, 0.6) is 0 Å². The lowest BCUT2D eigenvalue weighted by Crippen LogP contribution is -2.41. The fraction of sp³-hybridized carbons (Fsp3) is 0.833. The van der Waals surface area contributed by atoms with Crippen molar-refractivity contribution in [2.75, 3.05) is 0 Å². The van der Waals surface area contributed by atoms with Gasteiger partial charge in [-0.2, -0.15) is 5.10 Å². The van der Waals surface area contributed by atoms with Gasteiger partial charge in [-0.1, -0.05) is 27.2 Å². The molecule has 1 aliphatic carbocycles. The highest BCUT2D eigenvalue weighted by atomic mass is 15.3. The first-order chi connectivity index (χ1) is 9.70. The molecule has 1 heterocycles. The Balaban J connectivity index is 2.01. The molecule has 0 bridgehead atoms. The Hall–Kier alpha value is -0.830. The van der Waals surface area contributed by atoms with Crippen LogP contribution in [0.2, 0.25) is 0 Å². The lowest BCUT2D eigenvalue weighted by molar-refractivity contribution is 0.210. The van der Waals surface area contributed by atoms with Gasteiger partial charge in [-0.05, 0) is 56.9 Å². The summed E-state index contributed by atoms with van der Waals surface area (Å²) in [4.78, 5) is 0. The maximum absolute atomic E-state index is 6.73. The molecular weight excluding hydrogens is 258 g/mol. The monoisotopic (exact) mass is 291 g/mol. The molecule has 1 saturated carbocycles. The van der Waals surface area contributed by atoms with E-state index in [-0.39, 0.29) is 5.54 Å². The summed E-state index contributed by atoms with van der Waals surface area (Å²) >= 11 is 0. The first-order valence-corrected chi connectivity index (χ1v) is 8.52. The summed E-state index contributed by atoms with van der Waals surface area (Å²) in [5.41, 5.74) is 8.23. The van der Waals surface area contributed by atoms with Crippen LogP contribution in [-0.4, -0.2) is 15.3 Å². The van der Waals surface area contributed by atoms with Gasteiger partial charge in [0, 0.05) is 24.2 Å². The zero-order valence-corrected chi connectivity index (χ0v) is 14.5. The third-order valence-corrected chi connectivity index (χ3v) is 5.17. The molecule has 120 valence electrons. The fourth-order valence-corrected chi connectivity index (χ4v) is 3.59. The third-order valence-electron chi connectivity index (χ3n) is 5.17. The lowest BCUT2D eigenvalue weighted by Gasteiger charge is -2.31. The van der Waals surface area contributed by atoms with Gasteiger partial charge in [0.1, 0.15) is 0 Å². The Bertz CT molecular complexity index is 455. The number of nitrogens with two attached hydrogens (primary N) is 1. The highest BCUT2D eigenvalue weighted by molar-refractivity contribution is 5.07. The molecule has 1 fully saturated rings. The first-order valence-electron chi connectivity index (χ1n) is 8.52. The maximum atomic E-state index is 6.73. The smallest absolute Gasteiger partial charge is 0.0643 e. The van der Waals surface area contributed by atoms with Gasteiger partial charge in [-0.15, -0.1) is 0 Å². The summed E-state index contributed by atoms with van der Waals surface area (Å²) < 4.78 is 2.04. The summed E-state index contributed by atoms with van der Waals surface area (Å²) in [7, 11) is 0. The van der Waals surface area contributed by atoms with E-state index in [1.54, 1.807) is 0 Å². The molecule has 2 atom stereocenters. The van der Waals surface area contributed by atoms with E-state index in [0.717, 1.165) is 30.9 Å². The van der Waals surface area contributed by atoms with Gasteiger partial charge in [0.25, 0.3) is 0 Å². The summed E-state index contributed by atoms with van der Waals surface area (Å²) in [6.45, 7) is 11.4. The Labute approximate surface area is 130 Å². The highest BCUT2D eigenvalue weighted by Crippen LogP contribution is 2.39. The standard InChI is InChI=1S/C18H33N3/c1-14(2)21-12-9-16(20-21)13-18(19)10-6-7-15(8-11-18)17(3,4)5/h9,12,14-15H,6-8,10-11,13,19H2,1-5H3. The number of hydrogen-bond donors (Lipinski definition) is 1. The molecule has 1 aromatic rings. The van der Waals surface area contributed by atoms with Crippen molar-refractivity contribution in [2.24, 2.45) is 17.1 Å². The van der Waals surface area contributed by atoms with Crippen LogP contribution in [0.1, 0.15) is 78.5 Å². The minimum Gasteiger partial charge on any atom is -0.325 e. The van der Waals surface area contributed by atoms with Crippen LogP contribution >= 0.6 is 0 Å². The molecule has 0 aliphatic heterocycles. The largest absolute Gasteiger partial charge is 0.325 e. The maximum Gasteiger partial charge on any atom is 0.0643 e. The second-order valence-corrected chi connectivity index (χ2v) is 8.41. The SMILES string of the molecule is CC(C)n1ccc(CC2(N)CCCC(C(C)(C)C)CC2)n1. The van der Waals surface area contributed by atoms with Crippen molar-refractivity contribution >= 4 is 0 Å². The summed E-state index contributed by atoms with van der Waals surface area (Å²) in [5, 5.41) is 4.68. The van der Waals surface area contributed by atoms with E-state index in [9.17, 15) is 0 Å². The van der Waals surface area contributed by atoms with Crippen LogP contribution in [-0.2, 0) is 6.42 Å².